The normalized spacial score (nSPS) is 21.1. The first-order valence-electron chi connectivity index (χ1n) is 6.40. The molecule has 1 aromatic heterocycles. The molecule has 1 saturated heterocycles. The second-order valence-electron chi connectivity index (χ2n) is 5.39. The molecular formula is C14H13FN4O2. The zero-order chi connectivity index (χ0) is 15.2. The van der Waals surface area contributed by atoms with E-state index in [1.165, 1.54) is 46.5 Å². The monoisotopic (exact) mass is 288 g/mol. The minimum Gasteiger partial charge on any atom is -0.294 e. The molecule has 2 heterocycles. The largest absolute Gasteiger partial charge is 0.294 e. The van der Waals surface area contributed by atoms with Crippen LogP contribution in [0.1, 0.15) is 20.0 Å². The Kier molecular flexibility index (Phi) is 2.86. The lowest BCUT2D eigenvalue weighted by Crippen LogP contribution is -2.34. The molecule has 108 valence electrons. The second kappa shape index (κ2) is 4.47. The van der Waals surface area contributed by atoms with Crippen molar-refractivity contribution in [2.45, 2.75) is 20.0 Å². The van der Waals surface area contributed by atoms with Crippen LogP contribution in [0, 0.1) is 11.2 Å². The third kappa shape index (κ3) is 1.93. The van der Waals surface area contributed by atoms with E-state index in [9.17, 15) is 14.0 Å². The highest BCUT2D eigenvalue weighted by molar-refractivity contribution is 6.21. The molecule has 1 unspecified atom stereocenters. The van der Waals surface area contributed by atoms with E-state index in [1.54, 1.807) is 13.8 Å². The van der Waals surface area contributed by atoms with Gasteiger partial charge in [-0.05, 0) is 38.1 Å². The summed E-state index contributed by atoms with van der Waals surface area (Å²) >= 11 is 0. The smallest absolute Gasteiger partial charge is 0.242 e. The summed E-state index contributed by atoms with van der Waals surface area (Å²) in [5.74, 6) is -1.03. The number of halogens is 1. The van der Waals surface area contributed by atoms with Gasteiger partial charge in [0.1, 0.15) is 23.9 Å². The average Bonchev–Trinajstić information content (AvgIpc) is 3.03. The van der Waals surface area contributed by atoms with Gasteiger partial charge in [-0.3, -0.25) is 14.5 Å². The Morgan fingerprint density at radius 3 is 2.43 bits per heavy atom. The van der Waals surface area contributed by atoms with Crippen molar-refractivity contribution < 1.29 is 14.0 Å². The van der Waals surface area contributed by atoms with Gasteiger partial charge in [0.05, 0.1) is 0 Å². The number of benzene rings is 1. The molecule has 3 rings (SSSR count). The van der Waals surface area contributed by atoms with Gasteiger partial charge >= 0.3 is 0 Å². The molecule has 2 aromatic rings. The predicted octanol–water partition coefficient (Wildman–Crippen LogP) is 1.56. The lowest BCUT2D eigenvalue weighted by Gasteiger charge is -2.23. The van der Waals surface area contributed by atoms with Gasteiger partial charge in [-0.25, -0.2) is 14.1 Å². The molecule has 6 nitrogen and oxygen atoms in total. The molecule has 21 heavy (non-hydrogen) atoms. The third-order valence-corrected chi connectivity index (χ3v) is 3.64. The number of anilines is 1. The number of hydrogen-bond donors (Lipinski definition) is 0. The fraction of sp³-hybridized carbons (Fsp3) is 0.286. The van der Waals surface area contributed by atoms with Crippen LogP contribution in [0.2, 0.25) is 0 Å². The number of nitrogens with zero attached hydrogens (tertiary/aromatic N) is 4. The number of ketones is 1. The Morgan fingerprint density at radius 2 is 1.86 bits per heavy atom. The van der Waals surface area contributed by atoms with Gasteiger partial charge in [-0.15, -0.1) is 0 Å². The van der Waals surface area contributed by atoms with Crippen molar-refractivity contribution in [3.8, 4) is 0 Å². The van der Waals surface area contributed by atoms with E-state index in [0.29, 0.717) is 5.69 Å². The summed E-state index contributed by atoms with van der Waals surface area (Å²) in [5.41, 5.74) is -0.716. The zero-order valence-electron chi connectivity index (χ0n) is 11.5. The topological polar surface area (TPSA) is 68.1 Å². The molecular weight excluding hydrogens is 275 g/mol. The van der Waals surface area contributed by atoms with Crippen molar-refractivity contribution in [3.05, 3.63) is 42.7 Å². The number of carbonyl (C=O) groups excluding carboxylic acids is 2. The summed E-state index contributed by atoms with van der Waals surface area (Å²) in [7, 11) is 0. The highest BCUT2D eigenvalue weighted by atomic mass is 19.1. The van der Waals surface area contributed by atoms with Crippen molar-refractivity contribution in [2.75, 3.05) is 4.90 Å². The van der Waals surface area contributed by atoms with Crippen LogP contribution < -0.4 is 4.90 Å². The zero-order valence-corrected chi connectivity index (χ0v) is 11.5. The molecule has 0 radical (unpaired) electrons. The maximum atomic E-state index is 13.1. The van der Waals surface area contributed by atoms with Crippen LogP contribution in [0.3, 0.4) is 0 Å². The SMILES string of the molecule is CC1(C)C(=O)C(n2cncn2)N(c2ccc(F)cc2)C1=O. The summed E-state index contributed by atoms with van der Waals surface area (Å²) in [6, 6.07) is 5.42. The first-order valence-corrected chi connectivity index (χ1v) is 6.40. The first kappa shape index (κ1) is 13.4. The van der Waals surface area contributed by atoms with Crippen LogP contribution in [-0.2, 0) is 9.59 Å². The molecule has 1 aliphatic heterocycles. The summed E-state index contributed by atoms with van der Waals surface area (Å²) in [6.07, 6.45) is 1.78. The van der Waals surface area contributed by atoms with Gasteiger partial charge in [0.2, 0.25) is 5.91 Å². The number of rotatable bonds is 2. The Labute approximate surface area is 120 Å². The Hall–Kier alpha value is -2.57. The van der Waals surface area contributed by atoms with Crippen LogP contribution in [0.4, 0.5) is 10.1 Å². The van der Waals surface area contributed by atoms with E-state index < -0.39 is 17.4 Å². The van der Waals surface area contributed by atoms with Gasteiger partial charge in [0, 0.05) is 5.69 Å². The highest BCUT2D eigenvalue weighted by Gasteiger charge is 2.54. The summed E-state index contributed by atoms with van der Waals surface area (Å²) in [5, 5.41) is 3.96. The Morgan fingerprint density at radius 1 is 1.19 bits per heavy atom. The van der Waals surface area contributed by atoms with Gasteiger partial charge in [0.15, 0.2) is 11.9 Å². The molecule has 1 aromatic carbocycles. The maximum Gasteiger partial charge on any atom is 0.242 e. The van der Waals surface area contributed by atoms with E-state index >= 15 is 0 Å². The fourth-order valence-electron chi connectivity index (χ4n) is 2.40. The molecule has 7 heteroatoms. The van der Waals surface area contributed by atoms with Crippen molar-refractivity contribution in [3.63, 3.8) is 0 Å². The third-order valence-electron chi connectivity index (χ3n) is 3.64. The summed E-state index contributed by atoms with van der Waals surface area (Å²) in [6.45, 7) is 3.15. The van der Waals surface area contributed by atoms with E-state index in [2.05, 4.69) is 10.1 Å². The van der Waals surface area contributed by atoms with E-state index in [1.807, 2.05) is 0 Å². The van der Waals surface area contributed by atoms with Crippen LogP contribution in [0.5, 0.6) is 0 Å². The number of Topliss-reactive ketones (excluding diaryl/α,β-unsaturated/α-hetero) is 1. The molecule has 1 amide bonds. The molecule has 1 aliphatic rings. The lowest BCUT2D eigenvalue weighted by molar-refractivity contribution is -0.133. The second-order valence-corrected chi connectivity index (χ2v) is 5.39. The quantitative estimate of drug-likeness (QED) is 0.786. The predicted molar refractivity (Wildman–Crippen MR) is 71.7 cm³/mol. The van der Waals surface area contributed by atoms with Crippen LogP contribution in [0.25, 0.3) is 0 Å². The summed E-state index contributed by atoms with van der Waals surface area (Å²) in [4.78, 5) is 30.3. The summed E-state index contributed by atoms with van der Waals surface area (Å²) < 4.78 is 14.4. The standard InChI is InChI=1S/C14H13FN4O2/c1-14(2)11(20)12(18-8-16-7-17-18)19(13(14)21)10-5-3-9(15)4-6-10/h3-8,12H,1-2H3. The van der Waals surface area contributed by atoms with Crippen LogP contribution >= 0.6 is 0 Å². The van der Waals surface area contributed by atoms with E-state index in [-0.39, 0.29) is 11.7 Å². The highest BCUT2D eigenvalue weighted by Crippen LogP contribution is 2.40. The van der Waals surface area contributed by atoms with Gasteiger partial charge in [-0.2, -0.15) is 5.10 Å². The molecule has 0 N–H and O–H groups in total. The molecule has 1 atom stereocenters. The van der Waals surface area contributed by atoms with Gasteiger partial charge in [0.25, 0.3) is 0 Å². The van der Waals surface area contributed by atoms with Crippen molar-refractivity contribution in [1.82, 2.24) is 14.8 Å². The van der Waals surface area contributed by atoms with Crippen molar-refractivity contribution in [2.24, 2.45) is 5.41 Å². The molecule has 0 bridgehead atoms. The van der Waals surface area contributed by atoms with Gasteiger partial charge < -0.3 is 0 Å². The molecule has 0 saturated carbocycles. The Balaban J connectivity index is 2.13. The van der Waals surface area contributed by atoms with Crippen LogP contribution in [-0.4, -0.2) is 26.5 Å². The van der Waals surface area contributed by atoms with E-state index in [4.69, 9.17) is 0 Å². The van der Waals surface area contributed by atoms with Crippen molar-refractivity contribution in [1.29, 1.82) is 0 Å². The number of carbonyl (C=O) groups is 2. The van der Waals surface area contributed by atoms with Gasteiger partial charge in [-0.1, -0.05) is 0 Å². The van der Waals surface area contributed by atoms with Crippen molar-refractivity contribution >= 4 is 17.4 Å². The maximum absolute atomic E-state index is 13.1. The molecule has 0 aliphatic carbocycles. The average molecular weight is 288 g/mol. The molecule has 1 fully saturated rings. The minimum atomic E-state index is -1.16. The molecule has 0 spiro atoms. The van der Waals surface area contributed by atoms with Crippen LogP contribution in [0.15, 0.2) is 36.9 Å². The lowest BCUT2D eigenvalue weighted by atomic mass is 9.90. The minimum absolute atomic E-state index is 0.276. The Bertz CT molecular complexity index is 694. The number of aromatic nitrogens is 3. The fourth-order valence-corrected chi connectivity index (χ4v) is 2.40. The first-order chi connectivity index (χ1) is 9.93. The number of hydrogen-bond acceptors (Lipinski definition) is 4. The van der Waals surface area contributed by atoms with E-state index in [0.717, 1.165) is 0 Å². The number of amides is 1.